The molecule has 0 bridgehead atoms. The molecule has 0 unspecified atom stereocenters. The summed E-state index contributed by atoms with van der Waals surface area (Å²) in [5, 5.41) is 2.95. The van der Waals surface area contributed by atoms with E-state index in [0.717, 1.165) is 25.8 Å². The number of benzene rings is 1. The molecule has 25 heavy (non-hydrogen) atoms. The molecule has 1 aliphatic heterocycles. The first-order valence-corrected chi connectivity index (χ1v) is 9.23. The van der Waals surface area contributed by atoms with E-state index in [9.17, 15) is 14.4 Å². The van der Waals surface area contributed by atoms with Gasteiger partial charge >= 0.3 is 0 Å². The average Bonchev–Trinajstić information content (AvgIpc) is 2.65. The normalized spacial score (nSPS) is 17.2. The fourth-order valence-corrected chi connectivity index (χ4v) is 3.18. The zero-order chi connectivity index (χ0) is 18.1. The van der Waals surface area contributed by atoms with Gasteiger partial charge in [-0.2, -0.15) is 0 Å². The quantitative estimate of drug-likeness (QED) is 0.738. The number of nitrogens with zero attached hydrogens (tertiary/aromatic N) is 1. The molecule has 5 heteroatoms. The lowest BCUT2D eigenvalue weighted by atomic mass is 9.97. The lowest BCUT2D eigenvalue weighted by Crippen LogP contribution is -2.43. The first kappa shape index (κ1) is 19.2. The summed E-state index contributed by atoms with van der Waals surface area (Å²) in [6, 6.07) is 9.09. The van der Waals surface area contributed by atoms with Crippen molar-refractivity contribution in [2.24, 2.45) is 5.92 Å². The summed E-state index contributed by atoms with van der Waals surface area (Å²) in [5.41, 5.74) is 0.658. The Kier molecular flexibility index (Phi) is 7.64. The molecule has 5 nitrogen and oxygen atoms in total. The Balaban J connectivity index is 1.75. The largest absolute Gasteiger partial charge is 0.356 e. The number of ketones is 1. The lowest BCUT2D eigenvalue weighted by Gasteiger charge is -2.33. The number of hydrogen-bond acceptors (Lipinski definition) is 3. The standard InChI is InChI=1S/C20H28N2O3/c1-2-7-19(24)21-14-16-8-6-13-22(15-16)20(25)12-11-18(23)17-9-4-3-5-10-17/h3-5,9-10,16H,2,6-8,11-15H2,1H3,(H,21,24)/t16-/m1/s1. The van der Waals surface area contributed by atoms with Gasteiger partial charge in [-0.05, 0) is 25.2 Å². The van der Waals surface area contributed by atoms with E-state index >= 15 is 0 Å². The van der Waals surface area contributed by atoms with Crippen molar-refractivity contribution in [2.45, 2.75) is 45.4 Å². The van der Waals surface area contributed by atoms with Gasteiger partial charge < -0.3 is 10.2 Å². The molecule has 0 aromatic heterocycles. The van der Waals surface area contributed by atoms with Crippen LogP contribution in [-0.4, -0.2) is 42.1 Å². The fraction of sp³-hybridized carbons (Fsp3) is 0.550. The highest BCUT2D eigenvalue weighted by Gasteiger charge is 2.24. The van der Waals surface area contributed by atoms with E-state index in [1.165, 1.54) is 0 Å². The van der Waals surface area contributed by atoms with E-state index in [1.54, 1.807) is 12.1 Å². The highest BCUT2D eigenvalue weighted by molar-refractivity contribution is 5.97. The highest BCUT2D eigenvalue weighted by Crippen LogP contribution is 2.17. The van der Waals surface area contributed by atoms with Crippen molar-refractivity contribution < 1.29 is 14.4 Å². The summed E-state index contributed by atoms with van der Waals surface area (Å²) in [7, 11) is 0. The van der Waals surface area contributed by atoms with E-state index in [0.29, 0.717) is 31.0 Å². The number of Topliss-reactive ketones (excluding diaryl/α,β-unsaturated/α-hetero) is 1. The third-order valence-electron chi connectivity index (χ3n) is 4.60. The molecule has 2 amide bonds. The summed E-state index contributed by atoms with van der Waals surface area (Å²) >= 11 is 0. The van der Waals surface area contributed by atoms with Crippen LogP contribution < -0.4 is 5.32 Å². The van der Waals surface area contributed by atoms with Crippen LogP contribution in [0, 0.1) is 5.92 Å². The number of carbonyl (C=O) groups excluding carboxylic acids is 3. The maximum Gasteiger partial charge on any atom is 0.223 e. The van der Waals surface area contributed by atoms with Crippen LogP contribution in [0.15, 0.2) is 30.3 Å². The molecule has 0 spiro atoms. The Morgan fingerprint density at radius 3 is 2.60 bits per heavy atom. The second kappa shape index (κ2) is 9.97. The monoisotopic (exact) mass is 344 g/mol. The van der Waals surface area contributed by atoms with Crippen molar-refractivity contribution in [2.75, 3.05) is 19.6 Å². The summed E-state index contributed by atoms with van der Waals surface area (Å²) in [4.78, 5) is 38.0. The van der Waals surface area contributed by atoms with E-state index in [2.05, 4.69) is 5.32 Å². The van der Waals surface area contributed by atoms with Gasteiger partial charge in [-0.15, -0.1) is 0 Å². The molecule has 1 fully saturated rings. The molecule has 1 N–H and O–H groups in total. The minimum atomic E-state index is 0.00865. The Hall–Kier alpha value is -2.17. The molecule has 1 aliphatic rings. The number of rotatable bonds is 8. The van der Waals surface area contributed by atoms with Crippen LogP contribution in [-0.2, 0) is 9.59 Å². The van der Waals surface area contributed by atoms with Crippen LogP contribution in [0.5, 0.6) is 0 Å². The molecule has 1 atom stereocenters. The van der Waals surface area contributed by atoms with Crippen LogP contribution in [0.1, 0.15) is 55.8 Å². The van der Waals surface area contributed by atoms with E-state index in [-0.39, 0.29) is 30.4 Å². The van der Waals surface area contributed by atoms with Gasteiger partial charge in [-0.3, -0.25) is 14.4 Å². The zero-order valence-electron chi connectivity index (χ0n) is 15.0. The van der Waals surface area contributed by atoms with Gasteiger partial charge in [0.05, 0.1) is 0 Å². The Morgan fingerprint density at radius 1 is 1.12 bits per heavy atom. The zero-order valence-corrected chi connectivity index (χ0v) is 15.0. The van der Waals surface area contributed by atoms with Crippen LogP contribution in [0.2, 0.25) is 0 Å². The van der Waals surface area contributed by atoms with Crippen LogP contribution in [0.25, 0.3) is 0 Å². The summed E-state index contributed by atoms with van der Waals surface area (Å²) in [6.45, 7) is 4.03. The SMILES string of the molecule is CCCC(=O)NC[C@H]1CCCN(C(=O)CCC(=O)c2ccccc2)C1. The molecular formula is C20H28N2O3. The molecule has 0 radical (unpaired) electrons. The second-order valence-electron chi connectivity index (χ2n) is 6.69. The number of amides is 2. The van der Waals surface area contributed by atoms with Crippen molar-refractivity contribution in [3.05, 3.63) is 35.9 Å². The van der Waals surface area contributed by atoms with Crippen molar-refractivity contribution in [1.29, 1.82) is 0 Å². The minimum Gasteiger partial charge on any atom is -0.356 e. The molecule has 1 saturated heterocycles. The van der Waals surface area contributed by atoms with Gasteiger partial charge in [0.2, 0.25) is 11.8 Å². The first-order chi connectivity index (χ1) is 12.1. The van der Waals surface area contributed by atoms with Crippen molar-refractivity contribution in [1.82, 2.24) is 10.2 Å². The van der Waals surface area contributed by atoms with Gasteiger partial charge in [0, 0.05) is 44.5 Å². The number of piperidine rings is 1. The number of nitrogens with one attached hydrogen (secondary N) is 1. The summed E-state index contributed by atoms with van der Waals surface area (Å²) in [5.74, 6) is 0.436. The summed E-state index contributed by atoms with van der Waals surface area (Å²) in [6.07, 6.45) is 3.87. The van der Waals surface area contributed by atoms with Crippen LogP contribution in [0.4, 0.5) is 0 Å². The van der Waals surface area contributed by atoms with Gasteiger partial charge in [0.1, 0.15) is 0 Å². The van der Waals surface area contributed by atoms with E-state index < -0.39 is 0 Å². The topological polar surface area (TPSA) is 66.5 Å². The smallest absolute Gasteiger partial charge is 0.223 e. The molecular weight excluding hydrogens is 316 g/mol. The average molecular weight is 344 g/mol. The maximum absolute atomic E-state index is 12.4. The first-order valence-electron chi connectivity index (χ1n) is 9.23. The molecule has 1 aromatic rings. The van der Waals surface area contributed by atoms with Crippen molar-refractivity contribution in [3.63, 3.8) is 0 Å². The number of hydrogen-bond donors (Lipinski definition) is 1. The van der Waals surface area contributed by atoms with Gasteiger partial charge in [0.15, 0.2) is 5.78 Å². The van der Waals surface area contributed by atoms with Gasteiger partial charge in [-0.25, -0.2) is 0 Å². The molecule has 2 rings (SSSR count). The predicted octanol–water partition coefficient (Wildman–Crippen LogP) is 2.80. The Bertz CT molecular complexity index is 586. The molecule has 1 heterocycles. The van der Waals surface area contributed by atoms with E-state index in [1.807, 2.05) is 30.0 Å². The van der Waals surface area contributed by atoms with Crippen LogP contribution >= 0.6 is 0 Å². The third-order valence-corrected chi connectivity index (χ3v) is 4.60. The highest BCUT2D eigenvalue weighted by atomic mass is 16.2. The van der Waals surface area contributed by atoms with Gasteiger partial charge in [-0.1, -0.05) is 37.3 Å². The summed E-state index contributed by atoms with van der Waals surface area (Å²) < 4.78 is 0. The molecule has 0 aliphatic carbocycles. The Morgan fingerprint density at radius 2 is 1.88 bits per heavy atom. The number of likely N-dealkylation sites (tertiary alicyclic amines) is 1. The fourth-order valence-electron chi connectivity index (χ4n) is 3.18. The van der Waals surface area contributed by atoms with Gasteiger partial charge in [0.25, 0.3) is 0 Å². The molecule has 136 valence electrons. The minimum absolute atomic E-state index is 0.00865. The number of carbonyl (C=O) groups is 3. The lowest BCUT2D eigenvalue weighted by molar-refractivity contribution is -0.132. The maximum atomic E-state index is 12.4. The molecule has 0 saturated carbocycles. The van der Waals surface area contributed by atoms with Crippen molar-refractivity contribution >= 4 is 17.6 Å². The molecule has 1 aromatic carbocycles. The Labute approximate surface area is 149 Å². The third kappa shape index (κ3) is 6.33. The van der Waals surface area contributed by atoms with Crippen molar-refractivity contribution in [3.8, 4) is 0 Å². The predicted molar refractivity (Wildman–Crippen MR) is 97.2 cm³/mol. The van der Waals surface area contributed by atoms with E-state index in [4.69, 9.17) is 0 Å². The second-order valence-corrected chi connectivity index (χ2v) is 6.69. The van der Waals surface area contributed by atoms with Crippen LogP contribution in [0.3, 0.4) is 0 Å².